The van der Waals surface area contributed by atoms with Crippen LogP contribution in [0.2, 0.25) is 0 Å². The average Bonchev–Trinajstić information content (AvgIpc) is 3.00. The standard InChI is InChI=1S/C16H16N6O2/c1-21-16(18-11-19-21)10-17-15-9-13(22(23)24)7-8-14(15)20-12-5-3-2-4-6-12/h2-9,11,17,20H,10H2,1H3. The van der Waals surface area contributed by atoms with E-state index in [-0.39, 0.29) is 5.69 Å². The van der Waals surface area contributed by atoms with Gasteiger partial charge in [-0.3, -0.25) is 14.8 Å². The van der Waals surface area contributed by atoms with Gasteiger partial charge in [-0.15, -0.1) is 0 Å². The lowest BCUT2D eigenvalue weighted by atomic mass is 10.2. The molecule has 0 atom stereocenters. The van der Waals surface area contributed by atoms with Crippen molar-refractivity contribution in [2.24, 2.45) is 7.05 Å². The molecule has 0 amide bonds. The van der Waals surface area contributed by atoms with E-state index in [9.17, 15) is 10.1 Å². The Morgan fingerprint density at radius 3 is 2.62 bits per heavy atom. The van der Waals surface area contributed by atoms with Crippen LogP contribution in [0.5, 0.6) is 0 Å². The van der Waals surface area contributed by atoms with Crippen molar-refractivity contribution in [3.8, 4) is 0 Å². The lowest BCUT2D eigenvalue weighted by molar-refractivity contribution is -0.384. The van der Waals surface area contributed by atoms with Crippen LogP contribution in [-0.4, -0.2) is 19.7 Å². The molecule has 0 saturated carbocycles. The summed E-state index contributed by atoms with van der Waals surface area (Å²) in [4.78, 5) is 14.8. The second-order valence-electron chi connectivity index (χ2n) is 5.13. The Morgan fingerprint density at radius 1 is 1.17 bits per heavy atom. The van der Waals surface area contributed by atoms with Crippen molar-refractivity contribution < 1.29 is 4.92 Å². The third-order valence-electron chi connectivity index (χ3n) is 3.51. The lowest BCUT2D eigenvalue weighted by Gasteiger charge is -2.13. The van der Waals surface area contributed by atoms with E-state index in [4.69, 9.17) is 0 Å². The molecule has 3 rings (SSSR count). The minimum absolute atomic E-state index is 0.0223. The summed E-state index contributed by atoms with van der Waals surface area (Å²) in [5.74, 6) is 0.729. The fourth-order valence-corrected chi connectivity index (χ4v) is 2.23. The van der Waals surface area contributed by atoms with Crippen molar-refractivity contribution in [3.63, 3.8) is 0 Å². The summed E-state index contributed by atoms with van der Waals surface area (Å²) in [5.41, 5.74) is 2.28. The summed E-state index contributed by atoms with van der Waals surface area (Å²) in [6.07, 6.45) is 1.47. The number of anilines is 3. The van der Waals surface area contributed by atoms with Crippen LogP contribution in [-0.2, 0) is 13.6 Å². The van der Waals surface area contributed by atoms with E-state index in [0.29, 0.717) is 12.2 Å². The van der Waals surface area contributed by atoms with Crippen molar-refractivity contribution in [1.29, 1.82) is 0 Å². The van der Waals surface area contributed by atoms with Crippen molar-refractivity contribution in [3.05, 3.63) is 70.8 Å². The van der Waals surface area contributed by atoms with Crippen molar-refractivity contribution in [2.45, 2.75) is 6.54 Å². The van der Waals surface area contributed by atoms with Crippen LogP contribution in [0, 0.1) is 10.1 Å². The Balaban J connectivity index is 1.86. The normalized spacial score (nSPS) is 10.4. The first kappa shape index (κ1) is 15.5. The summed E-state index contributed by atoms with van der Waals surface area (Å²) in [6, 6.07) is 14.3. The molecule has 0 aliphatic carbocycles. The molecule has 0 radical (unpaired) electrons. The molecule has 2 aromatic carbocycles. The van der Waals surface area contributed by atoms with Gasteiger partial charge >= 0.3 is 0 Å². The number of para-hydroxylation sites is 1. The van der Waals surface area contributed by atoms with Crippen molar-refractivity contribution in [1.82, 2.24) is 14.8 Å². The number of aryl methyl sites for hydroxylation is 1. The molecule has 0 spiro atoms. The number of rotatable bonds is 6. The van der Waals surface area contributed by atoms with Crippen LogP contribution in [0.3, 0.4) is 0 Å². The van der Waals surface area contributed by atoms with Gasteiger partial charge in [-0.2, -0.15) is 5.10 Å². The summed E-state index contributed by atoms with van der Waals surface area (Å²) in [6.45, 7) is 0.404. The molecule has 2 N–H and O–H groups in total. The Bertz CT molecular complexity index is 847. The first-order valence-corrected chi connectivity index (χ1v) is 7.31. The van der Waals surface area contributed by atoms with Crippen LogP contribution in [0.25, 0.3) is 0 Å². The Hall–Kier alpha value is -3.42. The third-order valence-corrected chi connectivity index (χ3v) is 3.51. The van der Waals surface area contributed by atoms with E-state index in [0.717, 1.165) is 17.2 Å². The van der Waals surface area contributed by atoms with Crippen LogP contribution in [0.4, 0.5) is 22.7 Å². The first-order chi connectivity index (χ1) is 11.6. The number of nitro groups is 1. The number of hydrogen-bond donors (Lipinski definition) is 2. The molecule has 0 saturated heterocycles. The van der Waals surface area contributed by atoms with Gasteiger partial charge < -0.3 is 10.6 Å². The third kappa shape index (κ3) is 3.49. The molecule has 8 nitrogen and oxygen atoms in total. The zero-order valence-electron chi connectivity index (χ0n) is 13.0. The summed E-state index contributed by atoms with van der Waals surface area (Å²) in [5, 5.41) is 21.5. The summed E-state index contributed by atoms with van der Waals surface area (Å²) >= 11 is 0. The van der Waals surface area contributed by atoms with Gasteiger partial charge in [0.05, 0.1) is 22.8 Å². The van der Waals surface area contributed by atoms with Crippen LogP contribution in [0.15, 0.2) is 54.9 Å². The van der Waals surface area contributed by atoms with Crippen LogP contribution < -0.4 is 10.6 Å². The van der Waals surface area contributed by atoms with Crippen molar-refractivity contribution in [2.75, 3.05) is 10.6 Å². The van der Waals surface area contributed by atoms with E-state index >= 15 is 0 Å². The van der Waals surface area contributed by atoms with Crippen molar-refractivity contribution >= 4 is 22.7 Å². The topological polar surface area (TPSA) is 97.9 Å². The van der Waals surface area contributed by atoms with Gasteiger partial charge in [0.15, 0.2) is 0 Å². The highest BCUT2D eigenvalue weighted by molar-refractivity contribution is 5.76. The predicted molar refractivity (Wildman–Crippen MR) is 91.2 cm³/mol. The van der Waals surface area contributed by atoms with E-state index in [1.807, 2.05) is 30.3 Å². The van der Waals surface area contributed by atoms with Gasteiger partial charge in [0.2, 0.25) is 0 Å². The fourth-order valence-electron chi connectivity index (χ4n) is 2.23. The Labute approximate surface area is 138 Å². The average molecular weight is 324 g/mol. The highest BCUT2D eigenvalue weighted by Gasteiger charge is 2.12. The number of nitrogens with zero attached hydrogens (tertiary/aromatic N) is 4. The number of benzene rings is 2. The molecule has 0 bridgehead atoms. The van der Waals surface area contributed by atoms with Crippen LogP contribution in [0.1, 0.15) is 5.82 Å². The second kappa shape index (κ2) is 6.78. The van der Waals surface area contributed by atoms with E-state index in [1.165, 1.54) is 18.5 Å². The maximum Gasteiger partial charge on any atom is 0.271 e. The number of nitro benzene ring substituents is 1. The maximum absolute atomic E-state index is 11.0. The number of hydrogen-bond acceptors (Lipinski definition) is 6. The quantitative estimate of drug-likeness (QED) is 0.534. The highest BCUT2D eigenvalue weighted by Crippen LogP contribution is 2.30. The summed E-state index contributed by atoms with van der Waals surface area (Å²) in [7, 11) is 1.79. The molecule has 8 heteroatoms. The predicted octanol–water partition coefficient (Wildman–Crippen LogP) is 3.08. The van der Waals surface area contributed by atoms with E-state index < -0.39 is 4.92 Å². The minimum atomic E-state index is -0.417. The van der Waals surface area contributed by atoms with Gasteiger partial charge in [-0.1, -0.05) is 18.2 Å². The highest BCUT2D eigenvalue weighted by atomic mass is 16.6. The van der Waals surface area contributed by atoms with Gasteiger partial charge in [-0.05, 0) is 18.2 Å². The SMILES string of the molecule is Cn1ncnc1CNc1cc([N+](=O)[O-])ccc1Nc1ccccc1. The number of aromatic nitrogens is 3. The van der Waals surface area contributed by atoms with Crippen LogP contribution >= 0.6 is 0 Å². The molecule has 0 aliphatic heterocycles. The Kier molecular flexibility index (Phi) is 4.37. The molecule has 1 aromatic heterocycles. The summed E-state index contributed by atoms with van der Waals surface area (Å²) < 4.78 is 1.65. The molecule has 1 heterocycles. The largest absolute Gasteiger partial charge is 0.376 e. The second-order valence-corrected chi connectivity index (χ2v) is 5.13. The molecule has 3 aromatic rings. The molecular weight excluding hydrogens is 308 g/mol. The van der Waals surface area contributed by atoms with Gasteiger partial charge in [0, 0.05) is 24.9 Å². The zero-order valence-corrected chi connectivity index (χ0v) is 13.0. The zero-order chi connectivity index (χ0) is 16.9. The minimum Gasteiger partial charge on any atom is -0.376 e. The van der Waals surface area contributed by atoms with Gasteiger partial charge in [0.1, 0.15) is 12.2 Å². The smallest absolute Gasteiger partial charge is 0.271 e. The lowest BCUT2D eigenvalue weighted by Crippen LogP contribution is -2.08. The number of nitrogens with one attached hydrogen (secondary N) is 2. The first-order valence-electron chi connectivity index (χ1n) is 7.31. The maximum atomic E-state index is 11.0. The molecule has 0 aliphatic rings. The monoisotopic (exact) mass is 324 g/mol. The molecule has 122 valence electrons. The molecule has 24 heavy (non-hydrogen) atoms. The Morgan fingerprint density at radius 2 is 1.96 bits per heavy atom. The van der Waals surface area contributed by atoms with E-state index in [2.05, 4.69) is 20.7 Å². The van der Waals surface area contributed by atoms with Gasteiger partial charge in [0.25, 0.3) is 5.69 Å². The molecule has 0 unspecified atom stereocenters. The number of non-ortho nitro benzene ring substituents is 1. The molecular formula is C16H16N6O2. The van der Waals surface area contributed by atoms with E-state index in [1.54, 1.807) is 17.8 Å². The van der Waals surface area contributed by atoms with Gasteiger partial charge in [-0.25, -0.2) is 4.98 Å². The fraction of sp³-hybridized carbons (Fsp3) is 0.125. The molecule has 0 fully saturated rings.